The van der Waals surface area contributed by atoms with Gasteiger partial charge in [-0.25, -0.2) is 4.68 Å². The van der Waals surface area contributed by atoms with Crippen LogP contribution in [-0.4, -0.2) is 44.7 Å². The number of hydrogen-bond donors (Lipinski definition) is 0. The Morgan fingerprint density at radius 2 is 2.00 bits per heavy atom. The fourth-order valence-corrected chi connectivity index (χ4v) is 2.31. The van der Waals surface area contributed by atoms with Crippen LogP contribution in [-0.2, 0) is 11.3 Å². The minimum absolute atomic E-state index is 0.0264. The number of nitrogens with zero attached hydrogens (tertiary/aromatic N) is 5. The fraction of sp³-hybridized carbons (Fsp3) is 0.222. The van der Waals surface area contributed by atoms with Crippen LogP contribution in [0.15, 0.2) is 54.9 Å². The van der Waals surface area contributed by atoms with Crippen LogP contribution >= 0.6 is 0 Å². The third-order valence-electron chi connectivity index (χ3n) is 3.76. The molecule has 3 rings (SSSR count). The van der Waals surface area contributed by atoms with Crippen molar-refractivity contribution < 1.29 is 9.53 Å². The zero-order chi connectivity index (χ0) is 17.6. The highest BCUT2D eigenvalue weighted by Crippen LogP contribution is 2.16. The summed E-state index contributed by atoms with van der Waals surface area (Å²) in [6, 6.07) is 15.4. The van der Waals surface area contributed by atoms with Crippen molar-refractivity contribution in [2.75, 3.05) is 13.7 Å². The SMILES string of the molecule is Cc1ccc(CN(C)C(=O)COc2cccc(-n3cnnn3)c2)cc1. The molecular formula is C18H19N5O2. The van der Waals surface area contributed by atoms with Gasteiger partial charge in [0, 0.05) is 19.7 Å². The number of amides is 1. The number of carbonyl (C=O) groups excluding carboxylic acids is 1. The highest BCUT2D eigenvalue weighted by Gasteiger charge is 2.10. The first-order valence-corrected chi connectivity index (χ1v) is 7.87. The van der Waals surface area contributed by atoms with Crippen LogP contribution in [0.3, 0.4) is 0 Å². The van der Waals surface area contributed by atoms with E-state index in [1.807, 2.05) is 43.3 Å². The molecule has 0 spiro atoms. The average Bonchev–Trinajstić information content (AvgIpc) is 3.16. The molecule has 7 nitrogen and oxygen atoms in total. The van der Waals surface area contributed by atoms with E-state index in [1.54, 1.807) is 24.1 Å². The molecule has 0 atom stereocenters. The first-order valence-electron chi connectivity index (χ1n) is 7.87. The number of hydrogen-bond acceptors (Lipinski definition) is 5. The smallest absolute Gasteiger partial charge is 0.260 e. The molecule has 0 N–H and O–H groups in total. The number of likely N-dealkylation sites (N-methyl/N-ethyl adjacent to an activating group) is 1. The lowest BCUT2D eigenvalue weighted by atomic mass is 10.1. The predicted molar refractivity (Wildman–Crippen MR) is 92.3 cm³/mol. The lowest BCUT2D eigenvalue weighted by Crippen LogP contribution is -2.30. The fourth-order valence-electron chi connectivity index (χ4n) is 2.31. The summed E-state index contributed by atoms with van der Waals surface area (Å²) in [5.41, 5.74) is 3.05. The van der Waals surface area contributed by atoms with Crippen LogP contribution in [0.5, 0.6) is 5.75 Å². The molecule has 0 saturated heterocycles. The van der Waals surface area contributed by atoms with Crippen molar-refractivity contribution in [3.63, 3.8) is 0 Å². The molecule has 3 aromatic rings. The van der Waals surface area contributed by atoms with Crippen molar-refractivity contribution in [1.29, 1.82) is 0 Å². The minimum Gasteiger partial charge on any atom is -0.484 e. The second-order valence-corrected chi connectivity index (χ2v) is 5.78. The molecule has 1 heterocycles. The summed E-state index contributed by atoms with van der Waals surface area (Å²) in [7, 11) is 1.77. The molecule has 128 valence electrons. The average molecular weight is 337 g/mol. The van der Waals surface area contributed by atoms with Gasteiger partial charge in [-0.3, -0.25) is 4.79 Å². The Balaban J connectivity index is 1.56. The number of aromatic nitrogens is 4. The first-order chi connectivity index (χ1) is 12.1. The highest BCUT2D eigenvalue weighted by molar-refractivity contribution is 5.77. The quantitative estimate of drug-likeness (QED) is 0.688. The minimum atomic E-state index is -0.0894. The molecule has 1 aromatic heterocycles. The monoisotopic (exact) mass is 337 g/mol. The van der Waals surface area contributed by atoms with Gasteiger partial charge >= 0.3 is 0 Å². The highest BCUT2D eigenvalue weighted by atomic mass is 16.5. The molecule has 0 aliphatic carbocycles. The van der Waals surface area contributed by atoms with Crippen molar-refractivity contribution in [3.05, 3.63) is 66.0 Å². The Morgan fingerprint density at radius 3 is 2.72 bits per heavy atom. The van der Waals surface area contributed by atoms with Crippen molar-refractivity contribution in [2.45, 2.75) is 13.5 Å². The topological polar surface area (TPSA) is 73.1 Å². The van der Waals surface area contributed by atoms with Crippen LogP contribution in [0.4, 0.5) is 0 Å². The van der Waals surface area contributed by atoms with Gasteiger partial charge in [0.15, 0.2) is 6.61 Å². The second kappa shape index (κ2) is 7.57. The van der Waals surface area contributed by atoms with Gasteiger partial charge in [0.1, 0.15) is 12.1 Å². The van der Waals surface area contributed by atoms with Gasteiger partial charge < -0.3 is 9.64 Å². The lowest BCUT2D eigenvalue weighted by Gasteiger charge is -2.18. The first kappa shape index (κ1) is 16.6. The molecule has 25 heavy (non-hydrogen) atoms. The van der Waals surface area contributed by atoms with Gasteiger partial charge in [-0.15, -0.1) is 5.10 Å². The second-order valence-electron chi connectivity index (χ2n) is 5.78. The molecule has 2 aromatic carbocycles. The molecule has 0 fully saturated rings. The molecule has 7 heteroatoms. The zero-order valence-corrected chi connectivity index (χ0v) is 14.2. The summed E-state index contributed by atoms with van der Waals surface area (Å²) >= 11 is 0. The van der Waals surface area contributed by atoms with E-state index in [4.69, 9.17) is 4.74 Å². The normalized spacial score (nSPS) is 10.5. The largest absolute Gasteiger partial charge is 0.484 e. The zero-order valence-electron chi connectivity index (χ0n) is 14.2. The van der Waals surface area contributed by atoms with E-state index in [1.165, 1.54) is 16.6 Å². The van der Waals surface area contributed by atoms with E-state index in [2.05, 4.69) is 15.5 Å². The summed E-state index contributed by atoms with van der Waals surface area (Å²) < 4.78 is 7.14. The summed E-state index contributed by atoms with van der Waals surface area (Å²) in [4.78, 5) is 13.9. The van der Waals surface area contributed by atoms with Crippen LogP contribution in [0.25, 0.3) is 5.69 Å². The third-order valence-corrected chi connectivity index (χ3v) is 3.76. The number of aryl methyl sites for hydroxylation is 1. The summed E-state index contributed by atoms with van der Waals surface area (Å²) in [5, 5.41) is 11.0. The Bertz CT molecular complexity index is 831. The van der Waals surface area contributed by atoms with Crippen molar-refractivity contribution in [1.82, 2.24) is 25.1 Å². The molecular weight excluding hydrogens is 318 g/mol. The van der Waals surface area contributed by atoms with E-state index in [9.17, 15) is 4.79 Å². The standard InChI is InChI=1S/C18H19N5O2/c1-14-6-8-15(9-7-14)11-22(2)18(24)12-25-17-5-3-4-16(10-17)23-13-19-20-21-23/h3-10,13H,11-12H2,1-2H3. The molecule has 0 unspecified atom stereocenters. The molecule has 0 aliphatic rings. The molecule has 0 saturated carbocycles. The van der Waals surface area contributed by atoms with Crippen molar-refractivity contribution >= 4 is 5.91 Å². The van der Waals surface area contributed by atoms with Gasteiger partial charge in [-0.05, 0) is 35.0 Å². The van der Waals surface area contributed by atoms with E-state index in [0.29, 0.717) is 12.3 Å². The van der Waals surface area contributed by atoms with Crippen LogP contribution in [0.2, 0.25) is 0 Å². The van der Waals surface area contributed by atoms with E-state index >= 15 is 0 Å². The van der Waals surface area contributed by atoms with Crippen LogP contribution in [0, 0.1) is 6.92 Å². The summed E-state index contributed by atoms with van der Waals surface area (Å²) in [5.74, 6) is 0.499. The number of rotatable bonds is 6. The summed E-state index contributed by atoms with van der Waals surface area (Å²) in [6.45, 7) is 2.56. The third kappa shape index (κ3) is 4.41. The summed E-state index contributed by atoms with van der Waals surface area (Å²) in [6.07, 6.45) is 1.50. The lowest BCUT2D eigenvalue weighted by molar-refractivity contribution is -0.132. The van der Waals surface area contributed by atoms with Crippen molar-refractivity contribution in [3.8, 4) is 11.4 Å². The molecule has 0 bridgehead atoms. The van der Waals surface area contributed by atoms with Gasteiger partial charge in [0.2, 0.25) is 0 Å². The predicted octanol–water partition coefficient (Wildman–Crippen LogP) is 2.01. The number of ether oxygens (including phenoxy) is 1. The van der Waals surface area contributed by atoms with Crippen LogP contribution in [0.1, 0.15) is 11.1 Å². The van der Waals surface area contributed by atoms with E-state index in [-0.39, 0.29) is 12.5 Å². The number of benzene rings is 2. The van der Waals surface area contributed by atoms with Gasteiger partial charge in [-0.2, -0.15) is 0 Å². The van der Waals surface area contributed by atoms with Gasteiger partial charge in [0.05, 0.1) is 5.69 Å². The maximum Gasteiger partial charge on any atom is 0.260 e. The Hall–Kier alpha value is -3.22. The van der Waals surface area contributed by atoms with E-state index < -0.39 is 0 Å². The Morgan fingerprint density at radius 1 is 1.20 bits per heavy atom. The number of tetrazole rings is 1. The number of carbonyl (C=O) groups is 1. The van der Waals surface area contributed by atoms with Crippen LogP contribution < -0.4 is 4.74 Å². The van der Waals surface area contributed by atoms with Gasteiger partial charge in [-0.1, -0.05) is 35.9 Å². The van der Waals surface area contributed by atoms with Crippen molar-refractivity contribution in [2.24, 2.45) is 0 Å². The maximum absolute atomic E-state index is 12.3. The molecule has 0 radical (unpaired) electrons. The molecule has 0 aliphatic heterocycles. The Labute approximate surface area is 145 Å². The Kier molecular flexibility index (Phi) is 5.03. The molecule has 1 amide bonds. The maximum atomic E-state index is 12.3. The van der Waals surface area contributed by atoms with Gasteiger partial charge in [0.25, 0.3) is 5.91 Å². The van der Waals surface area contributed by atoms with E-state index in [0.717, 1.165) is 11.3 Å².